The average molecular weight is 556 g/mol. The molecule has 0 aliphatic rings. The Labute approximate surface area is 239 Å². The number of anilines is 1. The molecule has 0 aliphatic carbocycles. The summed E-state index contributed by atoms with van der Waals surface area (Å²) in [4.78, 5) is 13.6. The van der Waals surface area contributed by atoms with Gasteiger partial charge in [0.05, 0.1) is 20.8 Å². The summed E-state index contributed by atoms with van der Waals surface area (Å²) in [6.45, 7) is 20.6. The molecule has 0 aliphatic heterocycles. The lowest BCUT2D eigenvalue weighted by Crippen LogP contribution is -2.40. The number of unbranched alkanes of at least 4 members (excludes halogenated alkanes) is 2. The maximum Gasteiger partial charge on any atom is 0.224 e. The molecule has 1 N–H and O–H groups in total. The van der Waals surface area contributed by atoms with Gasteiger partial charge in [-0.15, -0.1) is 0 Å². The molecule has 0 saturated heterocycles. The monoisotopic (exact) mass is 555 g/mol. The number of hydrogen-bond donors (Lipinski definition) is 1. The lowest BCUT2D eigenvalue weighted by atomic mass is 9.85. The molecule has 0 bridgehead atoms. The number of carbonyl (C=O) groups is 1. The Morgan fingerprint density at radius 2 is 1.64 bits per heavy atom. The van der Waals surface area contributed by atoms with Crippen LogP contribution in [0.4, 0.5) is 5.69 Å². The topological polar surface area (TPSA) is 56.8 Å². The molecule has 2 aromatic carbocycles. The van der Waals surface area contributed by atoms with E-state index in [1.54, 1.807) is 14.2 Å². The second-order valence-electron chi connectivity index (χ2n) is 13.2. The fourth-order valence-electron chi connectivity index (χ4n) is 4.51. The number of rotatable bonds is 13. The molecule has 1 atom stereocenters. The molecular weight excluding hydrogens is 502 g/mol. The Morgan fingerprint density at radius 3 is 2.21 bits per heavy atom. The highest BCUT2D eigenvalue weighted by atomic mass is 28.4. The number of hydrogen-bond acceptors (Lipinski definition) is 4. The van der Waals surface area contributed by atoms with Gasteiger partial charge in [0.15, 0.2) is 8.32 Å². The normalized spacial score (nSPS) is 13.2. The van der Waals surface area contributed by atoms with Gasteiger partial charge in [-0.2, -0.15) is 0 Å². The molecule has 6 heteroatoms. The highest BCUT2D eigenvalue weighted by Crippen LogP contribution is 2.39. The fraction of sp³-hybridized carbons (Fsp3) is 0.606. The van der Waals surface area contributed by atoms with E-state index >= 15 is 0 Å². The average Bonchev–Trinajstić information content (AvgIpc) is 2.85. The highest BCUT2D eigenvalue weighted by Gasteiger charge is 2.37. The summed E-state index contributed by atoms with van der Waals surface area (Å²) in [6, 6.07) is 12.3. The summed E-state index contributed by atoms with van der Waals surface area (Å²) in [7, 11) is 1.44. The Hall–Kier alpha value is -2.31. The third-order valence-corrected chi connectivity index (χ3v) is 12.5. The SMILES string of the molecule is CCCCCC(CC(=O)Nc1cc(CO[Si](C)(C)C(C)(C)C)ccc1C(C)(C)C)c1ccc(OC)cc1OC. The van der Waals surface area contributed by atoms with Crippen LogP contribution in [0, 0.1) is 0 Å². The van der Waals surface area contributed by atoms with Crippen molar-refractivity contribution in [3.63, 3.8) is 0 Å². The van der Waals surface area contributed by atoms with E-state index in [-0.39, 0.29) is 22.3 Å². The van der Waals surface area contributed by atoms with Crippen molar-refractivity contribution >= 4 is 19.9 Å². The summed E-state index contributed by atoms with van der Waals surface area (Å²) in [5, 5.41) is 3.43. The van der Waals surface area contributed by atoms with Gasteiger partial charge in [-0.1, -0.05) is 85.9 Å². The van der Waals surface area contributed by atoms with Gasteiger partial charge in [0.25, 0.3) is 0 Å². The molecular formula is C33H53NO4Si. The van der Waals surface area contributed by atoms with Crippen molar-refractivity contribution < 1.29 is 18.7 Å². The first kappa shape index (κ1) is 32.9. The van der Waals surface area contributed by atoms with Crippen molar-refractivity contribution in [3.8, 4) is 11.5 Å². The van der Waals surface area contributed by atoms with E-state index in [1.807, 2.05) is 18.2 Å². The molecule has 0 fully saturated rings. The van der Waals surface area contributed by atoms with Crippen LogP contribution in [0.2, 0.25) is 18.1 Å². The first-order chi connectivity index (χ1) is 18.1. The molecule has 1 amide bonds. The first-order valence-electron chi connectivity index (χ1n) is 14.4. The smallest absolute Gasteiger partial charge is 0.224 e. The molecule has 39 heavy (non-hydrogen) atoms. The molecule has 0 saturated carbocycles. The second-order valence-corrected chi connectivity index (χ2v) is 18.0. The highest BCUT2D eigenvalue weighted by molar-refractivity contribution is 6.74. The number of ether oxygens (including phenoxy) is 2. The van der Waals surface area contributed by atoms with Crippen LogP contribution in [0.15, 0.2) is 36.4 Å². The van der Waals surface area contributed by atoms with E-state index in [9.17, 15) is 4.79 Å². The first-order valence-corrected chi connectivity index (χ1v) is 17.3. The zero-order valence-electron chi connectivity index (χ0n) is 26.4. The molecule has 0 aromatic heterocycles. The summed E-state index contributed by atoms with van der Waals surface area (Å²) in [5.41, 5.74) is 4.02. The van der Waals surface area contributed by atoms with Crippen molar-refractivity contribution in [2.45, 2.75) is 117 Å². The minimum absolute atomic E-state index is 0.0161. The summed E-state index contributed by atoms with van der Waals surface area (Å²) in [6.07, 6.45) is 4.66. The Balaban J connectivity index is 2.33. The summed E-state index contributed by atoms with van der Waals surface area (Å²) in [5.74, 6) is 1.59. The van der Waals surface area contributed by atoms with E-state index in [2.05, 4.69) is 85.1 Å². The van der Waals surface area contributed by atoms with E-state index in [0.717, 1.165) is 59.6 Å². The van der Waals surface area contributed by atoms with Gasteiger partial charge in [0.1, 0.15) is 11.5 Å². The van der Waals surface area contributed by atoms with E-state index in [0.29, 0.717) is 13.0 Å². The second kappa shape index (κ2) is 13.8. The van der Waals surface area contributed by atoms with Gasteiger partial charge in [-0.25, -0.2) is 0 Å². The zero-order chi connectivity index (χ0) is 29.4. The molecule has 0 radical (unpaired) electrons. The summed E-state index contributed by atoms with van der Waals surface area (Å²) >= 11 is 0. The van der Waals surface area contributed by atoms with Crippen molar-refractivity contribution in [3.05, 3.63) is 53.1 Å². The zero-order valence-corrected chi connectivity index (χ0v) is 27.4. The fourth-order valence-corrected chi connectivity index (χ4v) is 5.47. The van der Waals surface area contributed by atoms with E-state index in [1.165, 1.54) is 0 Å². The third kappa shape index (κ3) is 9.39. The number of methoxy groups -OCH3 is 2. The number of benzene rings is 2. The maximum atomic E-state index is 13.6. The number of nitrogens with one attached hydrogen (secondary N) is 1. The standard InChI is InChI=1S/C33H53NO4Si/c1-12-13-14-15-25(27-18-17-26(36-8)22-30(27)37-9)21-31(35)34-29-20-24(16-19-28(29)32(2,3)4)23-38-39(10,11)33(5,6)7/h16-20,22,25H,12-15,21,23H2,1-11H3,(H,34,35). The Morgan fingerprint density at radius 1 is 0.949 bits per heavy atom. The maximum absolute atomic E-state index is 13.6. The molecule has 0 heterocycles. The van der Waals surface area contributed by atoms with E-state index in [4.69, 9.17) is 13.9 Å². The van der Waals surface area contributed by atoms with Gasteiger partial charge in [-0.3, -0.25) is 4.79 Å². The largest absolute Gasteiger partial charge is 0.497 e. The van der Waals surface area contributed by atoms with Crippen LogP contribution in [0.5, 0.6) is 11.5 Å². The van der Waals surface area contributed by atoms with Crippen molar-refractivity contribution in [2.75, 3.05) is 19.5 Å². The van der Waals surface area contributed by atoms with Crippen LogP contribution in [0.3, 0.4) is 0 Å². The molecule has 0 spiro atoms. The summed E-state index contributed by atoms with van der Waals surface area (Å²) < 4.78 is 17.6. The quantitative estimate of drug-likeness (QED) is 0.198. The molecule has 1 unspecified atom stereocenters. The van der Waals surface area contributed by atoms with Crippen LogP contribution in [0.25, 0.3) is 0 Å². The predicted octanol–water partition coefficient (Wildman–Crippen LogP) is 9.22. The van der Waals surface area contributed by atoms with Gasteiger partial charge in [0.2, 0.25) is 5.91 Å². The van der Waals surface area contributed by atoms with Crippen LogP contribution in [-0.4, -0.2) is 28.4 Å². The van der Waals surface area contributed by atoms with Crippen LogP contribution in [0.1, 0.15) is 103 Å². The van der Waals surface area contributed by atoms with Gasteiger partial charge in [0, 0.05) is 18.2 Å². The third-order valence-electron chi connectivity index (χ3n) is 8.04. The van der Waals surface area contributed by atoms with E-state index < -0.39 is 8.32 Å². The van der Waals surface area contributed by atoms with Gasteiger partial charge < -0.3 is 19.2 Å². The molecule has 218 valence electrons. The lowest BCUT2D eigenvalue weighted by molar-refractivity contribution is -0.116. The number of carbonyl (C=O) groups excluding carboxylic acids is 1. The Bertz CT molecular complexity index is 1080. The Kier molecular flexibility index (Phi) is 11.7. The van der Waals surface area contributed by atoms with Gasteiger partial charge >= 0.3 is 0 Å². The van der Waals surface area contributed by atoms with Crippen LogP contribution in [-0.2, 0) is 21.2 Å². The minimum Gasteiger partial charge on any atom is -0.497 e. The molecule has 5 nitrogen and oxygen atoms in total. The lowest BCUT2D eigenvalue weighted by Gasteiger charge is -2.36. The molecule has 2 rings (SSSR count). The predicted molar refractivity (Wildman–Crippen MR) is 167 cm³/mol. The van der Waals surface area contributed by atoms with Gasteiger partial charge in [-0.05, 0) is 64.7 Å². The van der Waals surface area contributed by atoms with Crippen molar-refractivity contribution in [2.24, 2.45) is 0 Å². The molecule has 2 aromatic rings. The van der Waals surface area contributed by atoms with Crippen molar-refractivity contribution in [1.82, 2.24) is 0 Å². The van der Waals surface area contributed by atoms with Crippen LogP contribution >= 0.6 is 0 Å². The van der Waals surface area contributed by atoms with Crippen molar-refractivity contribution in [1.29, 1.82) is 0 Å². The number of amides is 1. The minimum atomic E-state index is -1.89. The van der Waals surface area contributed by atoms with Crippen LogP contribution < -0.4 is 14.8 Å².